The zero-order valence-electron chi connectivity index (χ0n) is 19.1. The van der Waals surface area contributed by atoms with Crippen LogP contribution in [0, 0.1) is 0 Å². The Labute approximate surface area is 205 Å². The van der Waals surface area contributed by atoms with Crippen molar-refractivity contribution in [1.82, 2.24) is 24.8 Å². The van der Waals surface area contributed by atoms with Crippen LogP contribution in [0.4, 0.5) is 11.5 Å². The van der Waals surface area contributed by atoms with Gasteiger partial charge in [-0.05, 0) is 25.0 Å². The Morgan fingerprint density at radius 3 is 2.72 bits per heavy atom. The number of nitrogens with two attached hydrogens (primary N) is 1. The fraction of sp³-hybridized carbons (Fsp3) is 0.292. The fourth-order valence-electron chi connectivity index (χ4n) is 4.32. The molecule has 2 aromatic heterocycles. The number of benzene rings is 1. The fourth-order valence-corrected chi connectivity index (χ4v) is 4.32. The molecule has 36 heavy (non-hydrogen) atoms. The van der Waals surface area contributed by atoms with Crippen LogP contribution in [0.15, 0.2) is 66.3 Å². The van der Waals surface area contributed by atoms with E-state index in [2.05, 4.69) is 25.6 Å². The van der Waals surface area contributed by atoms with Gasteiger partial charge in [0.2, 0.25) is 5.91 Å². The van der Waals surface area contributed by atoms with Crippen LogP contribution in [0.3, 0.4) is 0 Å². The number of nitrogens with one attached hydrogen (secondary N) is 2. The van der Waals surface area contributed by atoms with Crippen LogP contribution in [-0.4, -0.2) is 66.4 Å². The van der Waals surface area contributed by atoms with Gasteiger partial charge in [0.05, 0.1) is 6.33 Å². The van der Waals surface area contributed by atoms with Gasteiger partial charge in [0, 0.05) is 23.4 Å². The summed E-state index contributed by atoms with van der Waals surface area (Å²) in [6.07, 6.45) is 2.66. The second-order valence-electron chi connectivity index (χ2n) is 8.49. The number of fused-ring (bicyclic) bond motifs is 1. The number of nitrogens with zero attached hydrogens (tertiary/aromatic N) is 4. The molecule has 0 spiro atoms. The highest BCUT2D eigenvalue weighted by Crippen LogP contribution is 2.32. The van der Waals surface area contributed by atoms with Gasteiger partial charge in [0.1, 0.15) is 30.2 Å². The van der Waals surface area contributed by atoms with E-state index in [0.717, 1.165) is 0 Å². The molecule has 2 amide bonds. The van der Waals surface area contributed by atoms with Gasteiger partial charge < -0.3 is 31.3 Å². The predicted molar refractivity (Wildman–Crippen MR) is 129 cm³/mol. The third-order valence-electron chi connectivity index (χ3n) is 6.18. The molecule has 2 aliphatic rings. The quantitative estimate of drug-likeness (QED) is 0.327. The molecule has 5 rings (SSSR count). The normalized spacial score (nSPS) is 23.7. The number of imidazole rings is 1. The van der Waals surface area contributed by atoms with E-state index in [9.17, 15) is 19.8 Å². The van der Waals surface area contributed by atoms with Crippen LogP contribution in [0.5, 0.6) is 0 Å². The molecule has 6 N–H and O–H groups in total. The molecule has 1 fully saturated rings. The number of hydrogen-bond donors (Lipinski definition) is 5. The van der Waals surface area contributed by atoms with Crippen LogP contribution in [0.1, 0.15) is 19.1 Å². The van der Waals surface area contributed by atoms with Crippen molar-refractivity contribution in [1.29, 1.82) is 0 Å². The number of nitrogen functional groups attached to an aromatic ring is 1. The topological polar surface area (TPSA) is 178 Å². The van der Waals surface area contributed by atoms with Crippen LogP contribution >= 0.6 is 0 Å². The first-order valence-corrected chi connectivity index (χ1v) is 11.4. The average molecular weight is 492 g/mol. The molecular weight excluding hydrogens is 466 g/mol. The molecule has 3 heterocycles. The summed E-state index contributed by atoms with van der Waals surface area (Å²) in [5, 5.41) is 26.7. The summed E-state index contributed by atoms with van der Waals surface area (Å²) in [5.74, 6) is -0.652. The van der Waals surface area contributed by atoms with Crippen molar-refractivity contribution < 1.29 is 24.5 Å². The number of ether oxygens (including phenoxy) is 1. The maximum atomic E-state index is 13.0. The molecule has 3 aromatic rings. The summed E-state index contributed by atoms with van der Waals surface area (Å²) in [4.78, 5) is 38.0. The molecule has 1 aliphatic heterocycles. The van der Waals surface area contributed by atoms with Crippen molar-refractivity contribution in [3.05, 3.63) is 66.3 Å². The van der Waals surface area contributed by atoms with Crippen molar-refractivity contribution >= 4 is 34.5 Å². The van der Waals surface area contributed by atoms with Crippen LogP contribution in [0.25, 0.3) is 11.2 Å². The lowest BCUT2D eigenvalue weighted by Crippen LogP contribution is -2.40. The van der Waals surface area contributed by atoms with E-state index in [1.807, 2.05) is 12.1 Å². The Morgan fingerprint density at radius 2 is 1.92 bits per heavy atom. The maximum Gasteiger partial charge on any atom is 0.256 e. The van der Waals surface area contributed by atoms with Crippen LogP contribution in [0.2, 0.25) is 0 Å². The third kappa shape index (κ3) is 4.44. The van der Waals surface area contributed by atoms with Gasteiger partial charge in [0.15, 0.2) is 17.7 Å². The van der Waals surface area contributed by atoms with Gasteiger partial charge in [-0.2, -0.15) is 0 Å². The SMILES string of the molecule is Nc1ncnc2c1ncn2C1OC(CNC(=O)C2=C(C(=O)Nc3ccccc3)C=CCC2)C(O)C1O. The number of anilines is 2. The van der Waals surface area contributed by atoms with E-state index in [1.54, 1.807) is 30.3 Å². The predicted octanol–water partition coefficient (Wildman–Crippen LogP) is 0.429. The van der Waals surface area contributed by atoms with E-state index >= 15 is 0 Å². The first-order valence-electron chi connectivity index (χ1n) is 11.4. The minimum Gasteiger partial charge on any atom is -0.387 e. The Balaban J connectivity index is 1.28. The van der Waals surface area contributed by atoms with Crippen molar-refractivity contribution in [3.8, 4) is 0 Å². The summed E-state index contributed by atoms with van der Waals surface area (Å²) in [6, 6.07) is 8.97. The Kier molecular flexibility index (Phi) is 6.46. The van der Waals surface area contributed by atoms with Crippen molar-refractivity contribution in [2.24, 2.45) is 0 Å². The van der Waals surface area contributed by atoms with Crippen LogP contribution < -0.4 is 16.4 Å². The van der Waals surface area contributed by atoms with Gasteiger partial charge in [0.25, 0.3) is 5.91 Å². The Hall–Kier alpha value is -4.13. The number of carbonyl (C=O) groups is 2. The molecule has 0 radical (unpaired) electrons. The molecule has 1 saturated heterocycles. The number of aromatic nitrogens is 4. The number of allylic oxidation sites excluding steroid dienone is 1. The van der Waals surface area contributed by atoms with Crippen molar-refractivity contribution in [2.45, 2.75) is 37.4 Å². The summed E-state index contributed by atoms with van der Waals surface area (Å²) in [6.45, 7) is -0.0852. The first kappa shape index (κ1) is 23.6. The summed E-state index contributed by atoms with van der Waals surface area (Å²) < 4.78 is 7.33. The number of rotatable bonds is 6. The Morgan fingerprint density at radius 1 is 1.11 bits per heavy atom. The number of amides is 2. The number of aliphatic hydroxyl groups excluding tert-OH is 2. The van der Waals surface area contributed by atoms with E-state index in [4.69, 9.17) is 10.5 Å². The number of hydrogen-bond acceptors (Lipinski definition) is 9. The molecule has 0 bridgehead atoms. The number of para-hydroxylation sites is 1. The lowest BCUT2D eigenvalue weighted by Gasteiger charge is -2.19. The highest BCUT2D eigenvalue weighted by atomic mass is 16.6. The van der Waals surface area contributed by atoms with Gasteiger partial charge >= 0.3 is 0 Å². The zero-order chi connectivity index (χ0) is 25.2. The van der Waals surface area contributed by atoms with Crippen molar-refractivity contribution in [3.63, 3.8) is 0 Å². The highest BCUT2D eigenvalue weighted by molar-refractivity contribution is 6.12. The second-order valence-corrected chi connectivity index (χ2v) is 8.49. The summed E-state index contributed by atoms with van der Waals surface area (Å²) in [7, 11) is 0. The monoisotopic (exact) mass is 491 g/mol. The van der Waals surface area contributed by atoms with E-state index in [0.29, 0.717) is 35.3 Å². The van der Waals surface area contributed by atoms with E-state index < -0.39 is 30.4 Å². The molecular formula is C24H25N7O5. The standard InChI is InChI=1S/C24H25N7O5/c25-20-17-21(28-11-27-20)31(12-29-17)24-19(33)18(32)16(36-24)10-26-22(34)14-8-4-5-9-15(14)23(35)30-13-6-2-1-3-7-13/h1-3,5-7,9,11-12,16,18-19,24,32-33H,4,8,10H2,(H,26,34)(H,30,35)(H2,25,27,28). The molecule has 12 nitrogen and oxygen atoms in total. The first-order chi connectivity index (χ1) is 17.4. The average Bonchev–Trinajstić information content (AvgIpc) is 3.45. The van der Waals surface area contributed by atoms with Gasteiger partial charge in [-0.25, -0.2) is 15.0 Å². The molecule has 12 heteroatoms. The smallest absolute Gasteiger partial charge is 0.256 e. The second kappa shape index (κ2) is 9.85. The highest BCUT2D eigenvalue weighted by Gasteiger charge is 2.44. The minimum absolute atomic E-state index is 0.0852. The van der Waals surface area contributed by atoms with E-state index in [1.165, 1.54) is 17.2 Å². The largest absolute Gasteiger partial charge is 0.387 e. The summed E-state index contributed by atoms with van der Waals surface area (Å²) in [5.41, 5.74) is 7.74. The molecule has 4 unspecified atom stereocenters. The van der Waals surface area contributed by atoms with Crippen molar-refractivity contribution in [2.75, 3.05) is 17.6 Å². The van der Waals surface area contributed by atoms with Gasteiger partial charge in [-0.15, -0.1) is 0 Å². The maximum absolute atomic E-state index is 13.0. The summed E-state index contributed by atoms with van der Waals surface area (Å²) >= 11 is 0. The van der Waals surface area contributed by atoms with Crippen LogP contribution in [-0.2, 0) is 14.3 Å². The van der Waals surface area contributed by atoms with Gasteiger partial charge in [-0.1, -0.05) is 30.4 Å². The third-order valence-corrected chi connectivity index (χ3v) is 6.18. The lowest BCUT2D eigenvalue weighted by atomic mass is 9.96. The molecule has 0 saturated carbocycles. The molecule has 1 aliphatic carbocycles. The van der Waals surface area contributed by atoms with Gasteiger partial charge in [-0.3, -0.25) is 14.2 Å². The zero-order valence-corrected chi connectivity index (χ0v) is 19.1. The molecule has 1 aromatic carbocycles. The minimum atomic E-state index is -1.30. The Bertz CT molecular complexity index is 1350. The lowest BCUT2D eigenvalue weighted by molar-refractivity contribution is -0.119. The molecule has 186 valence electrons. The molecule has 4 atom stereocenters. The number of aliphatic hydroxyl groups is 2. The van der Waals surface area contributed by atoms with E-state index in [-0.39, 0.29) is 23.8 Å². The number of carbonyl (C=O) groups excluding carboxylic acids is 2.